The molecule has 2 aromatic heterocycles. The average Bonchev–Trinajstić information content (AvgIpc) is 3.48. The summed E-state index contributed by atoms with van der Waals surface area (Å²) in [5, 5.41) is 9.65. The first-order valence-corrected chi connectivity index (χ1v) is 11.2. The first-order chi connectivity index (χ1) is 16.2. The summed E-state index contributed by atoms with van der Waals surface area (Å²) in [7, 11) is 0. The van der Waals surface area contributed by atoms with Crippen LogP contribution in [0.3, 0.4) is 0 Å². The molecule has 0 aliphatic heterocycles. The average molecular weight is 502 g/mol. The van der Waals surface area contributed by atoms with Crippen LogP contribution in [0.4, 0.5) is 5.82 Å². The van der Waals surface area contributed by atoms with Gasteiger partial charge in [0.1, 0.15) is 18.1 Å². The fraction of sp³-hybridized carbons (Fsp3) is 0.0769. The van der Waals surface area contributed by atoms with Crippen LogP contribution in [0, 0.1) is 0 Å². The zero-order chi connectivity index (χ0) is 22.6. The highest BCUT2D eigenvalue weighted by atomic mass is 79.9. The maximum absolute atomic E-state index is 12.6. The smallest absolute Gasteiger partial charge is 0.292 e. The topological polar surface area (TPSA) is 69.3 Å². The lowest BCUT2D eigenvalue weighted by Gasteiger charge is -2.07. The third-order valence-corrected chi connectivity index (χ3v) is 5.84. The number of amides is 1. The lowest BCUT2D eigenvalue weighted by atomic mass is 10.0. The third kappa shape index (κ3) is 4.83. The number of hydrogen-bond donors (Lipinski definition) is 1. The summed E-state index contributed by atoms with van der Waals surface area (Å²) in [5.74, 6) is 1.55. The molecule has 7 heteroatoms. The number of carbonyl (C=O) groups excluding carboxylic acids is 1. The summed E-state index contributed by atoms with van der Waals surface area (Å²) in [6.45, 7) is 0.823. The van der Waals surface area contributed by atoms with Crippen molar-refractivity contribution in [3.05, 3.63) is 113 Å². The molecule has 3 aromatic carbocycles. The van der Waals surface area contributed by atoms with E-state index in [1.807, 2.05) is 48.7 Å². The minimum Gasteiger partial charge on any atom is -0.484 e. The minimum absolute atomic E-state index is 0.198. The maximum atomic E-state index is 12.6. The van der Waals surface area contributed by atoms with Crippen molar-refractivity contribution < 1.29 is 13.9 Å². The number of nitrogens with zero attached hydrogens (tertiary/aromatic N) is 2. The van der Waals surface area contributed by atoms with Crippen LogP contribution < -0.4 is 10.1 Å². The van der Waals surface area contributed by atoms with Gasteiger partial charge in [0.25, 0.3) is 5.91 Å². The fourth-order valence-corrected chi connectivity index (χ4v) is 3.99. The van der Waals surface area contributed by atoms with Gasteiger partial charge in [0.15, 0.2) is 11.6 Å². The van der Waals surface area contributed by atoms with E-state index < -0.39 is 0 Å². The van der Waals surface area contributed by atoms with Crippen LogP contribution in [-0.2, 0) is 13.2 Å². The summed E-state index contributed by atoms with van der Waals surface area (Å²) in [4.78, 5) is 12.6. The van der Waals surface area contributed by atoms with Crippen molar-refractivity contribution in [1.29, 1.82) is 0 Å². The Balaban J connectivity index is 1.22. The number of benzene rings is 3. The van der Waals surface area contributed by atoms with Crippen LogP contribution in [0.2, 0.25) is 0 Å². The minimum atomic E-state index is -0.363. The molecule has 0 spiro atoms. The van der Waals surface area contributed by atoms with Crippen molar-refractivity contribution in [2.45, 2.75) is 13.2 Å². The number of aromatic nitrogens is 2. The Morgan fingerprint density at radius 1 is 0.970 bits per heavy atom. The second-order valence-corrected chi connectivity index (χ2v) is 8.33. The number of ether oxygens (including phenoxy) is 1. The van der Waals surface area contributed by atoms with E-state index in [0.717, 1.165) is 10.0 Å². The molecule has 0 aliphatic rings. The van der Waals surface area contributed by atoms with Crippen LogP contribution >= 0.6 is 15.9 Å². The monoisotopic (exact) mass is 501 g/mol. The molecule has 2 heterocycles. The molecule has 164 valence electrons. The van der Waals surface area contributed by atoms with Crippen molar-refractivity contribution in [2.24, 2.45) is 0 Å². The largest absolute Gasteiger partial charge is 0.484 e. The normalized spacial score (nSPS) is 10.9. The number of anilines is 1. The van der Waals surface area contributed by atoms with Crippen LogP contribution in [-0.4, -0.2) is 15.7 Å². The number of nitrogens with one attached hydrogen (secondary N) is 1. The Hall–Kier alpha value is -3.84. The van der Waals surface area contributed by atoms with Gasteiger partial charge in [-0.05, 0) is 56.5 Å². The van der Waals surface area contributed by atoms with Crippen molar-refractivity contribution >= 4 is 38.4 Å². The van der Waals surface area contributed by atoms with Gasteiger partial charge in [-0.1, -0.05) is 54.6 Å². The molecular weight excluding hydrogens is 482 g/mol. The number of rotatable bonds is 7. The summed E-state index contributed by atoms with van der Waals surface area (Å²) in [5.41, 5.74) is 1.16. The molecule has 0 aliphatic carbocycles. The van der Waals surface area contributed by atoms with E-state index in [-0.39, 0.29) is 18.3 Å². The first kappa shape index (κ1) is 21.0. The molecular formula is C26H20BrN3O3. The number of carbonyl (C=O) groups is 1. The van der Waals surface area contributed by atoms with Gasteiger partial charge in [0.05, 0.1) is 11.0 Å². The van der Waals surface area contributed by atoms with E-state index >= 15 is 0 Å². The van der Waals surface area contributed by atoms with Crippen LogP contribution in [0.25, 0.3) is 10.8 Å². The molecule has 5 aromatic rings. The summed E-state index contributed by atoms with van der Waals surface area (Å²) >= 11 is 3.44. The number of hydrogen-bond acceptors (Lipinski definition) is 4. The van der Waals surface area contributed by atoms with E-state index in [4.69, 9.17) is 9.15 Å². The van der Waals surface area contributed by atoms with E-state index in [9.17, 15) is 4.79 Å². The van der Waals surface area contributed by atoms with Crippen LogP contribution in [0.5, 0.6) is 5.75 Å². The van der Waals surface area contributed by atoms with Gasteiger partial charge in [-0.15, -0.1) is 0 Å². The Morgan fingerprint density at radius 2 is 1.79 bits per heavy atom. The quantitative estimate of drug-likeness (QED) is 0.285. The Morgan fingerprint density at radius 3 is 2.70 bits per heavy atom. The van der Waals surface area contributed by atoms with E-state index in [2.05, 4.69) is 50.6 Å². The van der Waals surface area contributed by atoms with E-state index in [1.54, 1.807) is 22.9 Å². The predicted octanol–water partition coefficient (Wildman–Crippen LogP) is 6.27. The molecule has 0 saturated heterocycles. The summed E-state index contributed by atoms with van der Waals surface area (Å²) in [6.07, 6.45) is 1.84. The van der Waals surface area contributed by atoms with Gasteiger partial charge >= 0.3 is 0 Å². The second kappa shape index (κ2) is 9.34. The van der Waals surface area contributed by atoms with Gasteiger partial charge < -0.3 is 14.5 Å². The highest BCUT2D eigenvalue weighted by Crippen LogP contribution is 2.25. The molecule has 1 N–H and O–H groups in total. The van der Waals surface area contributed by atoms with Gasteiger partial charge in [0.2, 0.25) is 0 Å². The summed E-state index contributed by atoms with van der Waals surface area (Å²) < 4.78 is 14.0. The van der Waals surface area contributed by atoms with Gasteiger partial charge in [0, 0.05) is 12.3 Å². The molecule has 0 radical (unpaired) electrons. The second-order valence-electron chi connectivity index (χ2n) is 7.48. The van der Waals surface area contributed by atoms with Gasteiger partial charge in [-0.25, -0.2) is 0 Å². The zero-order valence-corrected chi connectivity index (χ0v) is 19.2. The van der Waals surface area contributed by atoms with Crippen molar-refractivity contribution in [2.75, 3.05) is 5.32 Å². The number of halogens is 1. The standard InChI is InChI=1S/C26H20BrN3O3/c27-22-10-3-4-11-23(22)32-17-20-12-13-24(33-20)26(31)28-25-14-15-30(29-25)16-19-8-5-7-18-6-1-2-9-21(18)19/h1-15H,16-17H2,(H,28,29,31). The maximum Gasteiger partial charge on any atom is 0.292 e. The number of furan rings is 1. The lowest BCUT2D eigenvalue weighted by Crippen LogP contribution is -2.12. The third-order valence-electron chi connectivity index (χ3n) is 5.19. The Labute approximate surface area is 198 Å². The van der Waals surface area contributed by atoms with Crippen molar-refractivity contribution in [1.82, 2.24) is 9.78 Å². The molecule has 0 fully saturated rings. The Kier molecular flexibility index (Phi) is 5.95. The lowest BCUT2D eigenvalue weighted by molar-refractivity contribution is 0.0992. The molecule has 0 saturated carbocycles. The number of fused-ring (bicyclic) bond motifs is 1. The molecule has 6 nitrogen and oxygen atoms in total. The van der Waals surface area contributed by atoms with E-state index in [0.29, 0.717) is 23.9 Å². The predicted molar refractivity (Wildman–Crippen MR) is 130 cm³/mol. The fourth-order valence-electron chi connectivity index (χ4n) is 3.59. The molecule has 5 rings (SSSR count). The molecule has 33 heavy (non-hydrogen) atoms. The molecule has 0 unspecified atom stereocenters. The van der Waals surface area contributed by atoms with Gasteiger partial charge in [-0.2, -0.15) is 5.10 Å². The van der Waals surface area contributed by atoms with Crippen LogP contribution in [0.1, 0.15) is 21.9 Å². The summed E-state index contributed by atoms with van der Waals surface area (Å²) in [6, 6.07) is 27.1. The highest BCUT2D eigenvalue weighted by Gasteiger charge is 2.14. The van der Waals surface area contributed by atoms with E-state index in [1.165, 1.54) is 10.8 Å². The Bertz CT molecular complexity index is 1420. The van der Waals surface area contributed by atoms with Crippen molar-refractivity contribution in [3.63, 3.8) is 0 Å². The zero-order valence-electron chi connectivity index (χ0n) is 17.6. The molecule has 0 bridgehead atoms. The highest BCUT2D eigenvalue weighted by molar-refractivity contribution is 9.10. The van der Waals surface area contributed by atoms with Crippen molar-refractivity contribution in [3.8, 4) is 5.75 Å². The molecule has 1 amide bonds. The number of para-hydroxylation sites is 1. The first-order valence-electron chi connectivity index (χ1n) is 10.4. The SMILES string of the molecule is O=C(Nc1ccn(Cc2cccc3ccccc23)n1)c1ccc(COc2ccccc2Br)o1. The van der Waals surface area contributed by atoms with Crippen LogP contribution in [0.15, 0.2) is 100 Å². The van der Waals surface area contributed by atoms with Gasteiger partial charge in [-0.3, -0.25) is 9.48 Å². The molecule has 0 atom stereocenters.